The SMILES string of the molecule is O=C(O)C(=Cc1cc(Cl)ccc1[N+](=O)[O-])CNC(=O)C(F)(F)F. The van der Waals surface area contributed by atoms with E-state index in [2.05, 4.69) is 0 Å². The van der Waals surface area contributed by atoms with Crippen molar-refractivity contribution in [3.8, 4) is 0 Å². The first-order valence-corrected chi connectivity index (χ1v) is 6.13. The number of carbonyl (C=O) groups is 2. The van der Waals surface area contributed by atoms with Crippen LogP contribution < -0.4 is 5.32 Å². The zero-order valence-electron chi connectivity index (χ0n) is 11.1. The highest BCUT2D eigenvalue weighted by atomic mass is 35.5. The van der Waals surface area contributed by atoms with Crippen molar-refractivity contribution >= 4 is 35.2 Å². The van der Waals surface area contributed by atoms with Crippen LogP contribution in [0.15, 0.2) is 23.8 Å². The van der Waals surface area contributed by atoms with E-state index in [1.807, 2.05) is 0 Å². The molecule has 1 rings (SSSR count). The van der Waals surface area contributed by atoms with E-state index in [-0.39, 0.29) is 10.6 Å². The number of carboxylic acids is 1. The number of amides is 1. The second-order valence-electron chi connectivity index (χ2n) is 4.12. The van der Waals surface area contributed by atoms with Crippen LogP contribution in [0.1, 0.15) is 5.56 Å². The summed E-state index contributed by atoms with van der Waals surface area (Å²) in [7, 11) is 0. The van der Waals surface area contributed by atoms with Crippen LogP contribution in [0.3, 0.4) is 0 Å². The maximum absolute atomic E-state index is 12.1. The minimum Gasteiger partial charge on any atom is -0.478 e. The quantitative estimate of drug-likeness (QED) is 0.480. The van der Waals surface area contributed by atoms with Crippen molar-refractivity contribution in [1.82, 2.24) is 5.32 Å². The van der Waals surface area contributed by atoms with Crippen molar-refractivity contribution in [2.75, 3.05) is 6.54 Å². The first-order chi connectivity index (χ1) is 10.5. The lowest BCUT2D eigenvalue weighted by atomic mass is 10.1. The summed E-state index contributed by atoms with van der Waals surface area (Å²) in [5.74, 6) is -3.98. The van der Waals surface area contributed by atoms with Crippen molar-refractivity contribution in [1.29, 1.82) is 0 Å². The summed E-state index contributed by atoms with van der Waals surface area (Å²) < 4.78 is 36.2. The molecule has 0 heterocycles. The molecular weight excluding hydrogens is 345 g/mol. The molecule has 0 aliphatic rings. The summed E-state index contributed by atoms with van der Waals surface area (Å²) in [5, 5.41) is 21.2. The van der Waals surface area contributed by atoms with E-state index in [9.17, 15) is 32.9 Å². The molecule has 0 atom stereocenters. The van der Waals surface area contributed by atoms with Gasteiger partial charge in [0.05, 0.1) is 22.6 Å². The van der Waals surface area contributed by atoms with Gasteiger partial charge in [-0.3, -0.25) is 14.9 Å². The van der Waals surface area contributed by atoms with Gasteiger partial charge in [0.2, 0.25) is 0 Å². The van der Waals surface area contributed by atoms with Crippen LogP contribution in [-0.2, 0) is 9.59 Å². The number of nitro benzene ring substituents is 1. The third-order valence-corrected chi connectivity index (χ3v) is 2.72. The number of benzene rings is 1. The topological polar surface area (TPSA) is 110 Å². The third kappa shape index (κ3) is 5.25. The van der Waals surface area contributed by atoms with Crippen molar-refractivity contribution < 1.29 is 32.8 Å². The van der Waals surface area contributed by atoms with Gasteiger partial charge in [-0.25, -0.2) is 4.79 Å². The minimum absolute atomic E-state index is 0.0610. The number of rotatable bonds is 5. The van der Waals surface area contributed by atoms with E-state index in [1.165, 1.54) is 11.4 Å². The highest BCUT2D eigenvalue weighted by Gasteiger charge is 2.38. The summed E-state index contributed by atoms with van der Waals surface area (Å²) >= 11 is 5.65. The van der Waals surface area contributed by atoms with Gasteiger partial charge in [0, 0.05) is 11.1 Å². The Morgan fingerprint density at radius 3 is 2.48 bits per heavy atom. The van der Waals surface area contributed by atoms with Gasteiger partial charge in [-0.1, -0.05) is 11.6 Å². The number of halogens is 4. The Bertz CT molecular complexity index is 688. The number of carbonyl (C=O) groups excluding carboxylic acids is 1. The fourth-order valence-electron chi connectivity index (χ4n) is 1.46. The Kier molecular flexibility index (Phi) is 5.68. The van der Waals surface area contributed by atoms with E-state index in [0.29, 0.717) is 0 Å². The highest BCUT2D eigenvalue weighted by molar-refractivity contribution is 6.30. The van der Waals surface area contributed by atoms with E-state index in [0.717, 1.165) is 18.2 Å². The van der Waals surface area contributed by atoms with Gasteiger partial charge in [0.25, 0.3) is 5.69 Å². The number of hydrogen-bond donors (Lipinski definition) is 2. The maximum atomic E-state index is 12.1. The van der Waals surface area contributed by atoms with Gasteiger partial charge in [0.1, 0.15) is 0 Å². The van der Waals surface area contributed by atoms with Gasteiger partial charge in [-0.2, -0.15) is 13.2 Å². The molecule has 0 saturated carbocycles. The molecule has 0 bridgehead atoms. The lowest BCUT2D eigenvalue weighted by Gasteiger charge is -2.08. The highest BCUT2D eigenvalue weighted by Crippen LogP contribution is 2.25. The van der Waals surface area contributed by atoms with Crippen molar-refractivity contribution in [3.05, 3.63) is 44.5 Å². The molecular formula is C12H8ClF3N2O5. The molecule has 7 nitrogen and oxygen atoms in total. The first kappa shape index (κ1) is 18.4. The van der Waals surface area contributed by atoms with E-state index >= 15 is 0 Å². The lowest BCUT2D eigenvalue weighted by molar-refractivity contribution is -0.385. The molecule has 0 aliphatic heterocycles. The predicted molar refractivity (Wildman–Crippen MR) is 72.8 cm³/mol. The molecule has 23 heavy (non-hydrogen) atoms. The van der Waals surface area contributed by atoms with Crippen LogP contribution >= 0.6 is 11.6 Å². The summed E-state index contributed by atoms with van der Waals surface area (Å²) in [6, 6.07) is 3.29. The van der Waals surface area contributed by atoms with Crippen LogP contribution in [-0.4, -0.2) is 34.6 Å². The lowest BCUT2D eigenvalue weighted by Crippen LogP contribution is -2.38. The molecule has 11 heteroatoms. The van der Waals surface area contributed by atoms with Crippen molar-refractivity contribution in [2.45, 2.75) is 6.18 Å². The van der Waals surface area contributed by atoms with Gasteiger partial charge in [-0.05, 0) is 18.2 Å². The normalized spacial score (nSPS) is 11.9. The molecule has 1 aromatic rings. The molecule has 0 unspecified atom stereocenters. The number of nitrogens with one attached hydrogen (secondary N) is 1. The minimum atomic E-state index is -5.17. The molecule has 0 saturated heterocycles. The smallest absolute Gasteiger partial charge is 0.471 e. The van der Waals surface area contributed by atoms with Crippen LogP contribution in [0, 0.1) is 10.1 Å². The Labute approximate surface area is 131 Å². The molecule has 124 valence electrons. The number of nitro groups is 1. The monoisotopic (exact) mass is 352 g/mol. The van der Waals surface area contributed by atoms with Gasteiger partial charge in [0.15, 0.2) is 0 Å². The molecule has 1 aromatic carbocycles. The Hall–Kier alpha value is -2.62. The zero-order chi connectivity index (χ0) is 17.8. The Morgan fingerprint density at radius 2 is 2.00 bits per heavy atom. The zero-order valence-corrected chi connectivity index (χ0v) is 11.8. The van der Waals surface area contributed by atoms with Crippen molar-refractivity contribution in [2.24, 2.45) is 0 Å². The fraction of sp³-hybridized carbons (Fsp3) is 0.167. The fourth-order valence-corrected chi connectivity index (χ4v) is 1.64. The number of alkyl halides is 3. The van der Waals surface area contributed by atoms with Crippen LogP contribution in [0.4, 0.5) is 18.9 Å². The second-order valence-corrected chi connectivity index (χ2v) is 4.55. The molecule has 1 amide bonds. The maximum Gasteiger partial charge on any atom is 0.471 e. The standard InChI is InChI=1S/C12H8ClF3N2O5/c13-8-1-2-9(18(22)23)6(4-8)3-7(10(19)20)5-17-11(21)12(14,15)16/h1-4H,5H2,(H,17,21)(H,19,20). The average Bonchev–Trinajstić information content (AvgIpc) is 2.41. The summed E-state index contributed by atoms with van der Waals surface area (Å²) in [6.07, 6.45) is -4.41. The van der Waals surface area contributed by atoms with E-state index in [4.69, 9.17) is 16.7 Å². The van der Waals surface area contributed by atoms with Gasteiger partial charge >= 0.3 is 18.1 Å². The van der Waals surface area contributed by atoms with Crippen LogP contribution in [0.2, 0.25) is 5.02 Å². The summed E-state index contributed by atoms with van der Waals surface area (Å²) in [4.78, 5) is 31.8. The number of nitrogens with zero attached hydrogens (tertiary/aromatic N) is 1. The molecule has 0 fully saturated rings. The van der Waals surface area contributed by atoms with Gasteiger partial charge < -0.3 is 10.4 Å². The molecule has 2 N–H and O–H groups in total. The van der Waals surface area contributed by atoms with Gasteiger partial charge in [-0.15, -0.1) is 0 Å². The predicted octanol–water partition coefficient (Wildman–Crippen LogP) is 2.39. The molecule has 0 spiro atoms. The molecule has 0 aliphatic carbocycles. The number of hydrogen-bond acceptors (Lipinski definition) is 4. The van der Waals surface area contributed by atoms with Crippen LogP contribution in [0.25, 0.3) is 6.08 Å². The van der Waals surface area contributed by atoms with E-state index in [1.54, 1.807) is 0 Å². The number of aliphatic carboxylic acids is 1. The molecule has 0 radical (unpaired) electrons. The summed E-state index contributed by atoms with van der Waals surface area (Å²) in [6.45, 7) is -0.975. The Morgan fingerprint density at radius 1 is 1.39 bits per heavy atom. The number of carboxylic acid groups (broad SMARTS) is 1. The van der Waals surface area contributed by atoms with Crippen molar-refractivity contribution in [3.63, 3.8) is 0 Å². The largest absolute Gasteiger partial charge is 0.478 e. The third-order valence-electron chi connectivity index (χ3n) is 2.49. The van der Waals surface area contributed by atoms with Crippen LogP contribution in [0.5, 0.6) is 0 Å². The molecule has 0 aromatic heterocycles. The second kappa shape index (κ2) is 7.09. The first-order valence-electron chi connectivity index (χ1n) is 5.75. The summed E-state index contributed by atoms with van der Waals surface area (Å²) in [5.41, 5.74) is -1.40. The van der Waals surface area contributed by atoms with E-state index < -0.39 is 40.8 Å². The Balaban J connectivity index is 3.14. The average molecular weight is 353 g/mol.